The van der Waals surface area contributed by atoms with Crippen molar-refractivity contribution in [3.8, 4) is 0 Å². The molecule has 0 aromatic carbocycles. The van der Waals surface area contributed by atoms with E-state index in [0.717, 1.165) is 26.2 Å². The van der Waals surface area contributed by atoms with E-state index in [4.69, 9.17) is 9.96 Å². The fraction of sp³-hybridized carbons (Fsp3) is 1.00. The summed E-state index contributed by atoms with van der Waals surface area (Å²) in [4.78, 5) is 11.8. The van der Waals surface area contributed by atoms with Gasteiger partial charge >= 0.3 is 0 Å². The number of rotatable bonds is 8. The predicted molar refractivity (Wildman–Crippen MR) is 80.6 cm³/mol. The molecule has 0 aromatic rings. The second-order valence-electron chi connectivity index (χ2n) is 6.41. The highest BCUT2D eigenvalue weighted by atomic mass is 28.3. The Balaban J connectivity index is 3.49. The molecule has 0 bridgehead atoms. The molecule has 0 N–H and O–H groups in total. The van der Waals surface area contributed by atoms with Crippen LogP contribution >= 0.6 is 0 Å². The van der Waals surface area contributed by atoms with Crippen LogP contribution in [0.1, 0.15) is 0 Å². The van der Waals surface area contributed by atoms with Gasteiger partial charge in [0.1, 0.15) is 0 Å². The van der Waals surface area contributed by atoms with Crippen LogP contribution in [0.5, 0.6) is 0 Å². The molecule has 0 aliphatic carbocycles. The van der Waals surface area contributed by atoms with Crippen LogP contribution in [0.2, 0.25) is 39.3 Å². The molecule has 0 fully saturated rings. The lowest BCUT2D eigenvalue weighted by atomic mass is 10.5. The van der Waals surface area contributed by atoms with Crippen molar-refractivity contribution in [2.45, 2.75) is 39.3 Å². The van der Waals surface area contributed by atoms with Gasteiger partial charge in [0.25, 0.3) is 0 Å². The molecule has 3 nitrogen and oxygen atoms in total. The van der Waals surface area contributed by atoms with Crippen LogP contribution in [0, 0.1) is 0 Å². The smallest absolute Gasteiger partial charge is 0.0135 e. The maximum absolute atomic E-state index is 4.73. The zero-order valence-corrected chi connectivity index (χ0v) is 14.2. The van der Waals surface area contributed by atoms with Crippen LogP contribution in [0.25, 0.3) is 9.96 Å². The molecule has 0 aliphatic rings. The van der Waals surface area contributed by atoms with E-state index in [1.165, 1.54) is 0 Å². The molecule has 0 heterocycles. The third-order valence-electron chi connectivity index (χ3n) is 2.14. The number of hydrogen-bond donors (Lipinski definition) is 0. The van der Waals surface area contributed by atoms with Crippen LogP contribution in [-0.2, 0) is 0 Å². The van der Waals surface area contributed by atoms with E-state index in [0.29, 0.717) is 0 Å². The van der Waals surface area contributed by atoms with Gasteiger partial charge in [0.2, 0.25) is 0 Å². The maximum Gasteiger partial charge on any atom is -0.0135 e. The van der Waals surface area contributed by atoms with Crippen LogP contribution in [-0.4, -0.2) is 54.6 Å². The van der Waals surface area contributed by atoms with Gasteiger partial charge < -0.3 is 14.9 Å². The topological polar surface area (TPSA) is 31.4 Å². The minimum Gasteiger partial charge on any atom is -0.664 e. The molecular weight excluding hydrogens is 230 g/mol. The van der Waals surface area contributed by atoms with Gasteiger partial charge in [0, 0.05) is 0 Å². The van der Waals surface area contributed by atoms with E-state index in [1.807, 2.05) is 0 Å². The van der Waals surface area contributed by atoms with E-state index < -0.39 is 16.5 Å². The summed E-state index contributed by atoms with van der Waals surface area (Å²) in [5.74, 6) is 0. The van der Waals surface area contributed by atoms with Crippen molar-refractivity contribution < 1.29 is 0 Å². The average Bonchev–Trinajstić information content (AvgIpc) is 1.98. The normalized spacial score (nSPS) is 13.5. The van der Waals surface area contributed by atoms with Crippen LogP contribution in [0.4, 0.5) is 0 Å². The summed E-state index contributed by atoms with van der Waals surface area (Å²) in [5, 5.41) is 0. The largest absolute Gasteiger partial charge is 0.664 e. The van der Waals surface area contributed by atoms with Crippen molar-refractivity contribution in [1.82, 2.24) is 4.90 Å². The summed E-state index contributed by atoms with van der Waals surface area (Å²) in [5.41, 5.74) is 0. The highest BCUT2D eigenvalue weighted by Gasteiger charge is 2.00. The first kappa shape index (κ1) is 16.3. The first-order valence-corrected chi connectivity index (χ1v) is 13.1. The first-order chi connectivity index (χ1) is 7.10. The molecule has 0 rings (SSSR count). The molecule has 0 saturated carbocycles. The number of likely N-dealkylation sites (N-methyl/N-ethyl adjacent to an activating group) is 1. The Morgan fingerprint density at radius 1 is 0.750 bits per heavy atom. The van der Waals surface area contributed by atoms with Crippen molar-refractivity contribution >= 4 is 16.5 Å². The van der Waals surface area contributed by atoms with Gasteiger partial charge in [-0.15, -0.1) is 13.1 Å². The molecule has 0 atom stereocenters. The van der Waals surface area contributed by atoms with Crippen molar-refractivity contribution in [2.75, 3.05) is 33.2 Å². The lowest BCUT2D eigenvalue weighted by molar-refractivity contribution is 0.366. The molecule has 0 aliphatic heterocycles. The van der Waals surface area contributed by atoms with Crippen LogP contribution in [0.15, 0.2) is 0 Å². The molecule has 16 heavy (non-hydrogen) atoms. The highest BCUT2D eigenvalue weighted by molar-refractivity contribution is 6.80. The molecule has 0 unspecified atom stereocenters. The van der Waals surface area contributed by atoms with Gasteiger partial charge in [-0.05, 0) is 20.1 Å². The molecule has 0 amide bonds. The molecule has 0 aromatic heterocycles. The Morgan fingerprint density at radius 2 is 1.06 bits per heavy atom. The summed E-state index contributed by atoms with van der Waals surface area (Å²) in [6.45, 7) is 17.8. The predicted octanol–water partition coefficient (Wildman–Crippen LogP) is 3.34. The van der Waals surface area contributed by atoms with E-state index in [9.17, 15) is 0 Å². The lowest BCUT2D eigenvalue weighted by Crippen LogP contribution is -2.30. The fourth-order valence-electron chi connectivity index (χ4n) is 1.22. The summed E-state index contributed by atoms with van der Waals surface area (Å²) < 4.78 is 0. The molecule has 0 spiro atoms. The number of nitrogens with zero attached hydrogens (tertiary/aromatic N) is 3. The first-order valence-electron chi connectivity index (χ1n) is 6.16. The van der Waals surface area contributed by atoms with Gasteiger partial charge in [-0.25, -0.2) is 0 Å². The molecule has 0 radical (unpaired) electrons. The monoisotopic (exact) mass is 259 g/mol. The zero-order chi connectivity index (χ0) is 12.8. The van der Waals surface area contributed by atoms with Gasteiger partial charge in [0.15, 0.2) is 0 Å². The highest BCUT2D eigenvalue weighted by Crippen LogP contribution is 2.10. The van der Waals surface area contributed by atoms with Gasteiger partial charge in [0.05, 0.1) is 0 Å². The average molecular weight is 260 g/mol. The van der Waals surface area contributed by atoms with Crippen molar-refractivity contribution in [3.63, 3.8) is 0 Å². The fourth-order valence-corrected chi connectivity index (χ4v) is 2.77. The number of hydrogen-bond acceptors (Lipinski definition) is 1. The maximum atomic E-state index is 4.73. The second-order valence-corrected chi connectivity index (χ2v) is 15.7. The Morgan fingerprint density at radius 3 is 1.31 bits per heavy atom. The molecule has 5 heteroatoms. The third-order valence-corrected chi connectivity index (χ3v) is 4.48. The minimum atomic E-state index is -1.20. The van der Waals surface area contributed by atoms with Gasteiger partial charge in [-0.3, -0.25) is 0 Å². The third kappa shape index (κ3) is 12.4. The zero-order valence-electron chi connectivity index (χ0n) is 12.2. The Hall–Kier alpha value is 0.314. The SMILES string of the molecule is CN(CC[N-][Si](C)(C)C)CC[N-][Si](C)(C)C. The van der Waals surface area contributed by atoms with Crippen molar-refractivity contribution in [1.29, 1.82) is 0 Å². The van der Waals surface area contributed by atoms with Crippen LogP contribution < -0.4 is 0 Å². The second kappa shape index (κ2) is 6.91. The van der Waals surface area contributed by atoms with Crippen LogP contribution in [0.3, 0.4) is 0 Å². The van der Waals surface area contributed by atoms with E-state index in [2.05, 4.69) is 51.2 Å². The molecule has 98 valence electrons. The standard InChI is InChI=1S/C11H29N3Si2/c1-14(10-8-12-15(2,3)4)11-9-13-16(5,6)7/h8-11H2,1-7H3/q-2. The summed E-state index contributed by atoms with van der Waals surface area (Å²) in [6, 6.07) is 0. The molecule has 0 saturated heterocycles. The quantitative estimate of drug-likeness (QED) is 0.615. The van der Waals surface area contributed by atoms with Gasteiger partial charge in [-0.2, -0.15) is 0 Å². The van der Waals surface area contributed by atoms with E-state index in [1.54, 1.807) is 0 Å². The van der Waals surface area contributed by atoms with E-state index >= 15 is 0 Å². The van der Waals surface area contributed by atoms with Crippen molar-refractivity contribution in [2.24, 2.45) is 0 Å². The molecular formula is C11H29N3Si2-2. The van der Waals surface area contributed by atoms with Gasteiger partial charge in [-0.1, -0.05) is 55.8 Å². The Kier molecular flexibility index (Phi) is 7.04. The lowest BCUT2D eigenvalue weighted by Gasteiger charge is -2.38. The summed E-state index contributed by atoms with van der Waals surface area (Å²) in [6.07, 6.45) is 0. The summed E-state index contributed by atoms with van der Waals surface area (Å²) >= 11 is 0. The Labute approximate surface area is 104 Å². The minimum absolute atomic E-state index is 0.985. The summed E-state index contributed by atoms with van der Waals surface area (Å²) in [7, 11) is -0.241. The Bertz CT molecular complexity index is 165. The van der Waals surface area contributed by atoms with Crippen molar-refractivity contribution in [3.05, 3.63) is 9.96 Å². The van der Waals surface area contributed by atoms with E-state index in [-0.39, 0.29) is 0 Å².